The third kappa shape index (κ3) is 5.32. The average Bonchev–Trinajstić information content (AvgIpc) is 1.85. The standard InChI is InChI=1S/C7H14O3S.Na/c1-4-5-6(2)7(3)11(8,9)10;/h5,7H,4H2,1-3H3,(H,8,9,10);/q;+1/p-1/b6-5+;. The molecular formula is C7H13NaO3S. The van der Waals surface area contributed by atoms with Crippen molar-refractivity contribution in [2.24, 2.45) is 0 Å². The second-order valence-electron chi connectivity index (χ2n) is 2.49. The first-order valence-corrected chi connectivity index (χ1v) is 4.98. The van der Waals surface area contributed by atoms with Crippen LogP contribution in [0.2, 0.25) is 0 Å². The van der Waals surface area contributed by atoms with Crippen molar-refractivity contribution in [2.45, 2.75) is 32.4 Å². The minimum atomic E-state index is -4.14. The van der Waals surface area contributed by atoms with Crippen LogP contribution in [0.15, 0.2) is 11.6 Å². The van der Waals surface area contributed by atoms with Gasteiger partial charge in [0.15, 0.2) is 0 Å². The van der Waals surface area contributed by atoms with E-state index < -0.39 is 15.4 Å². The summed E-state index contributed by atoms with van der Waals surface area (Å²) >= 11 is 0. The summed E-state index contributed by atoms with van der Waals surface area (Å²) in [5.74, 6) is 0. The van der Waals surface area contributed by atoms with Crippen LogP contribution in [-0.4, -0.2) is 18.2 Å². The van der Waals surface area contributed by atoms with E-state index in [1.807, 2.05) is 6.92 Å². The fourth-order valence-corrected chi connectivity index (χ4v) is 1.27. The summed E-state index contributed by atoms with van der Waals surface area (Å²) in [6.45, 7) is 4.96. The third-order valence-electron chi connectivity index (χ3n) is 1.60. The zero-order chi connectivity index (χ0) is 9.07. The molecule has 0 N–H and O–H groups in total. The molecule has 12 heavy (non-hydrogen) atoms. The van der Waals surface area contributed by atoms with Gasteiger partial charge in [-0.1, -0.05) is 18.6 Å². The zero-order valence-electron chi connectivity index (χ0n) is 7.99. The average molecular weight is 200 g/mol. The Morgan fingerprint density at radius 2 is 2.00 bits per heavy atom. The van der Waals surface area contributed by atoms with Gasteiger partial charge in [-0.3, -0.25) is 0 Å². The second-order valence-corrected chi connectivity index (χ2v) is 4.18. The smallest absolute Gasteiger partial charge is 0.747 e. The van der Waals surface area contributed by atoms with Crippen molar-refractivity contribution < 1.29 is 42.5 Å². The van der Waals surface area contributed by atoms with Crippen LogP contribution in [0.4, 0.5) is 0 Å². The zero-order valence-corrected chi connectivity index (χ0v) is 10.8. The van der Waals surface area contributed by atoms with Crippen molar-refractivity contribution in [3.8, 4) is 0 Å². The quantitative estimate of drug-likeness (QED) is 0.309. The Morgan fingerprint density at radius 1 is 1.58 bits per heavy atom. The van der Waals surface area contributed by atoms with Crippen LogP contribution in [0.5, 0.6) is 0 Å². The molecule has 1 unspecified atom stereocenters. The molecule has 0 heterocycles. The molecule has 0 fully saturated rings. The van der Waals surface area contributed by atoms with Crippen LogP contribution in [0.1, 0.15) is 27.2 Å². The number of allylic oxidation sites excluding steroid dienone is 1. The van der Waals surface area contributed by atoms with Crippen LogP contribution >= 0.6 is 0 Å². The predicted octanol–water partition coefficient (Wildman–Crippen LogP) is -1.72. The Morgan fingerprint density at radius 3 is 2.25 bits per heavy atom. The Kier molecular flexibility index (Phi) is 7.77. The molecule has 5 heteroatoms. The summed E-state index contributed by atoms with van der Waals surface area (Å²) in [5.41, 5.74) is 0.627. The molecule has 0 aliphatic carbocycles. The Bertz CT molecular complexity index is 243. The Hall–Kier alpha value is 0.650. The van der Waals surface area contributed by atoms with Gasteiger partial charge in [0.05, 0.1) is 5.25 Å². The monoisotopic (exact) mass is 200 g/mol. The van der Waals surface area contributed by atoms with Gasteiger partial charge in [-0.15, -0.1) is 0 Å². The molecule has 0 bridgehead atoms. The molecule has 0 aliphatic rings. The van der Waals surface area contributed by atoms with Gasteiger partial charge in [0.1, 0.15) is 10.1 Å². The van der Waals surface area contributed by atoms with E-state index in [2.05, 4.69) is 0 Å². The van der Waals surface area contributed by atoms with Gasteiger partial charge in [-0.25, -0.2) is 8.42 Å². The number of hydrogen-bond acceptors (Lipinski definition) is 3. The van der Waals surface area contributed by atoms with E-state index in [1.165, 1.54) is 6.92 Å². The van der Waals surface area contributed by atoms with Gasteiger partial charge in [0.2, 0.25) is 0 Å². The molecule has 0 rings (SSSR count). The fourth-order valence-electron chi connectivity index (χ4n) is 0.716. The first kappa shape index (κ1) is 15.1. The Balaban J connectivity index is 0. The first-order chi connectivity index (χ1) is 4.89. The number of rotatable bonds is 3. The van der Waals surface area contributed by atoms with Crippen LogP contribution in [0.25, 0.3) is 0 Å². The Labute approximate surface area is 96.3 Å². The van der Waals surface area contributed by atoms with E-state index in [0.717, 1.165) is 6.42 Å². The molecule has 0 saturated carbocycles. The van der Waals surface area contributed by atoms with Crippen molar-refractivity contribution in [1.82, 2.24) is 0 Å². The van der Waals surface area contributed by atoms with Crippen molar-refractivity contribution in [3.63, 3.8) is 0 Å². The molecule has 0 aromatic rings. The van der Waals surface area contributed by atoms with Crippen molar-refractivity contribution in [1.29, 1.82) is 0 Å². The summed E-state index contributed by atoms with van der Waals surface area (Å²) < 4.78 is 31.4. The van der Waals surface area contributed by atoms with Crippen LogP contribution in [0, 0.1) is 0 Å². The van der Waals surface area contributed by atoms with Crippen molar-refractivity contribution >= 4 is 10.1 Å². The van der Waals surface area contributed by atoms with Crippen LogP contribution in [-0.2, 0) is 10.1 Å². The SMILES string of the molecule is CC/C=C(\C)C(C)S(=O)(=O)[O-].[Na+]. The predicted molar refractivity (Wildman–Crippen MR) is 43.2 cm³/mol. The molecule has 3 nitrogen and oxygen atoms in total. The summed E-state index contributed by atoms with van der Waals surface area (Å²) in [5, 5.41) is -0.887. The van der Waals surface area contributed by atoms with E-state index in [1.54, 1.807) is 13.0 Å². The van der Waals surface area contributed by atoms with Crippen LogP contribution < -0.4 is 29.6 Å². The fraction of sp³-hybridized carbons (Fsp3) is 0.714. The van der Waals surface area contributed by atoms with Crippen molar-refractivity contribution in [2.75, 3.05) is 0 Å². The van der Waals surface area contributed by atoms with E-state index >= 15 is 0 Å². The molecule has 0 aromatic heterocycles. The third-order valence-corrected chi connectivity index (χ3v) is 2.84. The molecule has 66 valence electrons. The normalized spacial score (nSPS) is 15.2. The summed E-state index contributed by atoms with van der Waals surface area (Å²) in [6.07, 6.45) is 2.51. The molecule has 0 aromatic carbocycles. The van der Waals surface area contributed by atoms with Gasteiger partial charge in [-0.2, -0.15) is 0 Å². The largest absolute Gasteiger partial charge is 1.00 e. The van der Waals surface area contributed by atoms with Gasteiger partial charge in [-0.05, 0) is 20.3 Å². The van der Waals surface area contributed by atoms with E-state index in [9.17, 15) is 13.0 Å². The number of hydrogen-bond donors (Lipinski definition) is 0. The van der Waals surface area contributed by atoms with E-state index in [-0.39, 0.29) is 29.6 Å². The molecule has 0 aliphatic heterocycles. The summed E-state index contributed by atoms with van der Waals surface area (Å²) in [6, 6.07) is 0. The van der Waals surface area contributed by atoms with Gasteiger partial charge >= 0.3 is 29.6 Å². The minimum Gasteiger partial charge on any atom is -0.747 e. The molecule has 0 radical (unpaired) electrons. The topological polar surface area (TPSA) is 57.2 Å². The van der Waals surface area contributed by atoms with E-state index in [0.29, 0.717) is 5.57 Å². The van der Waals surface area contributed by atoms with E-state index in [4.69, 9.17) is 0 Å². The van der Waals surface area contributed by atoms with Crippen LogP contribution in [0.3, 0.4) is 0 Å². The maximum atomic E-state index is 10.5. The summed E-state index contributed by atoms with van der Waals surface area (Å²) in [7, 11) is -4.14. The maximum Gasteiger partial charge on any atom is 1.00 e. The van der Waals surface area contributed by atoms with Crippen molar-refractivity contribution in [3.05, 3.63) is 11.6 Å². The molecule has 0 spiro atoms. The first-order valence-electron chi connectivity index (χ1n) is 3.51. The molecule has 0 amide bonds. The molecule has 0 saturated heterocycles. The maximum absolute atomic E-state index is 10.5. The minimum absolute atomic E-state index is 0. The van der Waals surface area contributed by atoms with Gasteiger partial charge in [0, 0.05) is 0 Å². The molecule has 1 atom stereocenters. The van der Waals surface area contributed by atoms with Gasteiger partial charge < -0.3 is 4.55 Å². The second kappa shape index (κ2) is 6.16. The molecular weight excluding hydrogens is 187 g/mol. The van der Waals surface area contributed by atoms with Gasteiger partial charge in [0.25, 0.3) is 0 Å². The summed E-state index contributed by atoms with van der Waals surface area (Å²) in [4.78, 5) is 0.